The molecule has 0 spiro atoms. The molecule has 1 aliphatic heterocycles. The molecule has 17 heavy (non-hydrogen) atoms. The van der Waals surface area contributed by atoms with E-state index in [4.69, 9.17) is 5.11 Å². The fourth-order valence-corrected chi connectivity index (χ4v) is 3.39. The van der Waals surface area contributed by atoms with Gasteiger partial charge in [0, 0.05) is 19.6 Å². The first-order chi connectivity index (χ1) is 7.92. The SMILES string of the molecule is CC(O)CCN(C)S(=O)(=O)CC1CCCCN1. The number of nitrogens with one attached hydrogen (secondary N) is 1. The fraction of sp³-hybridized carbons (Fsp3) is 1.00. The van der Waals surface area contributed by atoms with Crippen LogP contribution in [-0.2, 0) is 10.0 Å². The highest BCUT2D eigenvalue weighted by atomic mass is 32.2. The quantitative estimate of drug-likeness (QED) is 0.717. The zero-order chi connectivity index (χ0) is 12.9. The maximum atomic E-state index is 12.0. The minimum absolute atomic E-state index is 0.0859. The number of aliphatic hydroxyl groups excluding tert-OH is 1. The van der Waals surface area contributed by atoms with E-state index in [1.807, 2.05) is 0 Å². The number of hydrogen-bond donors (Lipinski definition) is 2. The van der Waals surface area contributed by atoms with Crippen LogP contribution in [0.5, 0.6) is 0 Å². The van der Waals surface area contributed by atoms with Crippen molar-refractivity contribution in [1.29, 1.82) is 0 Å². The predicted octanol–water partition coefficient (Wildman–Crippen LogP) is 0.161. The normalized spacial score (nSPS) is 23.9. The molecule has 0 amide bonds. The van der Waals surface area contributed by atoms with Gasteiger partial charge in [-0.2, -0.15) is 0 Å². The molecular formula is C11H24N2O3S. The molecule has 1 aliphatic rings. The standard InChI is InChI=1S/C11H24N2O3S/c1-10(14)6-8-13(2)17(15,16)9-11-5-3-4-7-12-11/h10-12,14H,3-9H2,1-2H3. The molecule has 5 nitrogen and oxygen atoms in total. The van der Waals surface area contributed by atoms with Crippen molar-refractivity contribution in [2.45, 2.75) is 44.8 Å². The van der Waals surface area contributed by atoms with E-state index in [-0.39, 0.29) is 11.8 Å². The Morgan fingerprint density at radius 1 is 1.47 bits per heavy atom. The Hall–Kier alpha value is -0.170. The van der Waals surface area contributed by atoms with Crippen LogP contribution in [0, 0.1) is 0 Å². The summed E-state index contributed by atoms with van der Waals surface area (Å²) >= 11 is 0. The van der Waals surface area contributed by atoms with Crippen LogP contribution in [0.3, 0.4) is 0 Å². The second kappa shape index (κ2) is 6.68. The average molecular weight is 264 g/mol. The molecule has 1 heterocycles. The molecule has 0 bridgehead atoms. The fourth-order valence-electron chi connectivity index (χ4n) is 1.96. The number of nitrogens with zero attached hydrogens (tertiary/aromatic N) is 1. The molecule has 1 fully saturated rings. The Bertz CT molecular complexity index is 311. The van der Waals surface area contributed by atoms with Crippen LogP contribution in [0.25, 0.3) is 0 Å². The summed E-state index contributed by atoms with van der Waals surface area (Å²) in [7, 11) is -1.61. The van der Waals surface area contributed by atoms with Gasteiger partial charge in [0.1, 0.15) is 0 Å². The lowest BCUT2D eigenvalue weighted by Gasteiger charge is -2.26. The van der Waals surface area contributed by atoms with Gasteiger partial charge in [0.05, 0.1) is 11.9 Å². The molecule has 0 aliphatic carbocycles. The first-order valence-corrected chi connectivity index (χ1v) is 7.88. The van der Waals surface area contributed by atoms with Crippen molar-refractivity contribution < 1.29 is 13.5 Å². The summed E-state index contributed by atoms with van der Waals surface area (Å²) < 4.78 is 25.4. The Morgan fingerprint density at radius 3 is 2.71 bits per heavy atom. The molecule has 2 atom stereocenters. The summed E-state index contributed by atoms with van der Waals surface area (Å²) in [4.78, 5) is 0. The van der Waals surface area contributed by atoms with Crippen LogP contribution in [0.2, 0.25) is 0 Å². The van der Waals surface area contributed by atoms with Gasteiger partial charge in [-0.25, -0.2) is 12.7 Å². The van der Waals surface area contributed by atoms with Gasteiger partial charge in [-0.1, -0.05) is 6.42 Å². The minimum Gasteiger partial charge on any atom is -0.393 e. The van der Waals surface area contributed by atoms with Gasteiger partial charge < -0.3 is 10.4 Å². The van der Waals surface area contributed by atoms with Crippen LogP contribution in [0.1, 0.15) is 32.6 Å². The van der Waals surface area contributed by atoms with E-state index in [1.165, 1.54) is 4.31 Å². The van der Waals surface area contributed by atoms with Gasteiger partial charge in [0.15, 0.2) is 0 Å². The summed E-state index contributed by atoms with van der Waals surface area (Å²) in [6, 6.07) is 0.0859. The highest BCUT2D eigenvalue weighted by Gasteiger charge is 2.24. The van der Waals surface area contributed by atoms with Crippen LogP contribution < -0.4 is 5.32 Å². The Kier molecular flexibility index (Phi) is 5.85. The first-order valence-electron chi connectivity index (χ1n) is 6.27. The number of aliphatic hydroxyl groups is 1. The summed E-state index contributed by atoms with van der Waals surface area (Å²) in [6.45, 7) is 2.97. The molecule has 1 rings (SSSR count). The monoisotopic (exact) mass is 264 g/mol. The van der Waals surface area contributed by atoms with E-state index in [9.17, 15) is 8.42 Å². The van der Waals surface area contributed by atoms with Crippen molar-refractivity contribution in [1.82, 2.24) is 9.62 Å². The van der Waals surface area contributed by atoms with Crippen molar-refractivity contribution in [3.8, 4) is 0 Å². The van der Waals surface area contributed by atoms with Crippen LogP contribution in [-0.4, -0.2) is 55.9 Å². The number of hydrogen-bond acceptors (Lipinski definition) is 4. The molecule has 0 aromatic rings. The van der Waals surface area contributed by atoms with Crippen LogP contribution in [0.4, 0.5) is 0 Å². The first kappa shape index (κ1) is 14.9. The summed E-state index contributed by atoms with van der Waals surface area (Å²) in [5.74, 6) is 0.170. The van der Waals surface area contributed by atoms with Gasteiger partial charge in [0.25, 0.3) is 0 Å². The van der Waals surface area contributed by atoms with E-state index in [2.05, 4.69) is 5.32 Å². The summed E-state index contributed by atoms with van der Waals surface area (Å²) in [6.07, 6.45) is 3.19. The lowest BCUT2D eigenvalue weighted by Crippen LogP contribution is -2.43. The lowest BCUT2D eigenvalue weighted by atomic mass is 10.1. The molecule has 2 unspecified atom stereocenters. The van der Waals surface area contributed by atoms with Crippen LogP contribution in [0.15, 0.2) is 0 Å². The lowest BCUT2D eigenvalue weighted by molar-refractivity contribution is 0.177. The third-order valence-corrected chi connectivity index (χ3v) is 5.12. The van der Waals surface area contributed by atoms with Gasteiger partial charge in [-0.05, 0) is 32.7 Å². The van der Waals surface area contributed by atoms with Crippen LogP contribution >= 0.6 is 0 Å². The number of piperidine rings is 1. The van der Waals surface area contributed by atoms with E-state index in [1.54, 1.807) is 14.0 Å². The highest BCUT2D eigenvalue weighted by molar-refractivity contribution is 7.89. The van der Waals surface area contributed by atoms with Crippen molar-refractivity contribution in [2.24, 2.45) is 0 Å². The molecule has 2 N–H and O–H groups in total. The topological polar surface area (TPSA) is 69.6 Å². The molecule has 0 aromatic heterocycles. The number of sulfonamides is 1. The Labute approximate surface area is 104 Å². The zero-order valence-corrected chi connectivity index (χ0v) is 11.5. The molecular weight excluding hydrogens is 240 g/mol. The van der Waals surface area contributed by atoms with Crippen molar-refractivity contribution in [3.05, 3.63) is 0 Å². The molecule has 0 saturated carbocycles. The van der Waals surface area contributed by atoms with Gasteiger partial charge >= 0.3 is 0 Å². The molecule has 1 saturated heterocycles. The smallest absolute Gasteiger partial charge is 0.215 e. The minimum atomic E-state index is -3.20. The van der Waals surface area contributed by atoms with E-state index < -0.39 is 16.1 Å². The highest BCUT2D eigenvalue weighted by Crippen LogP contribution is 2.11. The molecule has 6 heteroatoms. The zero-order valence-electron chi connectivity index (χ0n) is 10.7. The van der Waals surface area contributed by atoms with Gasteiger partial charge in [0.2, 0.25) is 10.0 Å². The maximum absolute atomic E-state index is 12.0. The van der Waals surface area contributed by atoms with Crippen molar-refractivity contribution >= 4 is 10.0 Å². The largest absolute Gasteiger partial charge is 0.393 e. The second-order valence-electron chi connectivity index (χ2n) is 4.88. The molecule has 0 radical (unpaired) electrons. The molecule has 0 aromatic carbocycles. The molecule has 102 valence electrons. The third kappa shape index (κ3) is 5.33. The summed E-state index contributed by atoms with van der Waals surface area (Å²) in [5, 5.41) is 12.4. The second-order valence-corrected chi connectivity index (χ2v) is 7.01. The summed E-state index contributed by atoms with van der Waals surface area (Å²) in [5.41, 5.74) is 0. The Balaban J connectivity index is 2.43. The predicted molar refractivity (Wildman–Crippen MR) is 68.4 cm³/mol. The van der Waals surface area contributed by atoms with Crippen molar-refractivity contribution in [3.63, 3.8) is 0 Å². The number of rotatable bonds is 6. The van der Waals surface area contributed by atoms with Gasteiger partial charge in [-0.3, -0.25) is 0 Å². The third-order valence-electron chi connectivity index (χ3n) is 3.16. The maximum Gasteiger partial charge on any atom is 0.215 e. The van der Waals surface area contributed by atoms with Crippen molar-refractivity contribution in [2.75, 3.05) is 25.9 Å². The van der Waals surface area contributed by atoms with E-state index in [0.29, 0.717) is 13.0 Å². The van der Waals surface area contributed by atoms with E-state index in [0.717, 1.165) is 25.8 Å². The van der Waals surface area contributed by atoms with Gasteiger partial charge in [-0.15, -0.1) is 0 Å². The van der Waals surface area contributed by atoms with E-state index >= 15 is 0 Å². The Morgan fingerprint density at radius 2 is 2.18 bits per heavy atom. The average Bonchev–Trinajstić information content (AvgIpc) is 2.26.